The Morgan fingerprint density at radius 2 is 2.07 bits per heavy atom. The second-order valence-electron chi connectivity index (χ2n) is 2.86. The van der Waals surface area contributed by atoms with E-state index in [1.807, 2.05) is 0 Å². The van der Waals surface area contributed by atoms with Crippen LogP contribution in [0.15, 0.2) is 29.2 Å². The van der Waals surface area contributed by atoms with Gasteiger partial charge in [0.05, 0.1) is 10.6 Å². The second kappa shape index (κ2) is 4.63. The summed E-state index contributed by atoms with van der Waals surface area (Å²) in [6.45, 7) is 0. The number of alkyl halides is 1. The largest absolute Gasteiger partial charge is 0.269 e. The average molecular weight is 247 g/mol. The molecule has 0 saturated heterocycles. The van der Waals surface area contributed by atoms with Crippen molar-refractivity contribution in [1.82, 2.24) is 5.73 Å². The monoisotopic (exact) mass is 246 g/mol. The molecule has 1 amide bonds. The number of amides is 1. The van der Waals surface area contributed by atoms with Gasteiger partial charge in [0.15, 0.2) is 9.84 Å². The zero-order valence-corrected chi connectivity index (χ0v) is 9.31. The van der Waals surface area contributed by atoms with Gasteiger partial charge in [-0.25, -0.2) is 8.42 Å². The fourth-order valence-corrected chi connectivity index (χ4v) is 2.69. The number of carbonyl (C=O) groups is 1. The van der Waals surface area contributed by atoms with Crippen LogP contribution in [0.4, 0.5) is 0 Å². The maximum absolute atomic E-state index is 11.6. The molecule has 6 heteroatoms. The smallest absolute Gasteiger partial charge is 0.267 e. The van der Waals surface area contributed by atoms with E-state index >= 15 is 0 Å². The molecular weight excluding hydrogens is 238 g/mol. The first-order chi connectivity index (χ1) is 6.97. The summed E-state index contributed by atoms with van der Waals surface area (Å²) in [6, 6.07) is 5.41. The van der Waals surface area contributed by atoms with Crippen molar-refractivity contribution in [2.75, 3.05) is 11.6 Å². The molecule has 0 saturated carbocycles. The van der Waals surface area contributed by atoms with Crippen molar-refractivity contribution in [2.45, 2.75) is 4.90 Å². The minimum Gasteiger partial charge on any atom is -0.267 e. The van der Waals surface area contributed by atoms with Gasteiger partial charge in [-0.2, -0.15) is 0 Å². The van der Waals surface area contributed by atoms with Gasteiger partial charge in [-0.05, 0) is 18.2 Å². The van der Waals surface area contributed by atoms with Crippen LogP contribution >= 0.6 is 11.6 Å². The zero-order chi connectivity index (χ0) is 11.5. The Kier molecular flexibility index (Phi) is 3.71. The first kappa shape index (κ1) is 12.0. The van der Waals surface area contributed by atoms with Gasteiger partial charge in [0.25, 0.3) is 5.91 Å². The lowest BCUT2D eigenvalue weighted by Crippen LogP contribution is -2.09. The third kappa shape index (κ3) is 2.94. The third-order valence-electron chi connectivity index (χ3n) is 1.80. The Balaban J connectivity index is 3.16. The SMILES string of the molecule is [NH]C(=O)c1cccc(S(=O)(=O)CCCl)c1. The number of hydrogen-bond donors (Lipinski definition) is 0. The van der Waals surface area contributed by atoms with E-state index in [1.165, 1.54) is 24.3 Å². The lowest BCUT2D eigenvalue weighted by molar-refractivity contribution is 0.0992. The van der Waals surface area contributed by atoms with Crippen molar-refractivity contribution in [2.24, 2.45) is 0 Å². The van der Waals surface area contributed by atoms with E-state index in [0.717, 1.165) is 0 Å². The van der Waals surface area contributed by atoms with Gasteiger partial charge in [0.2, 0.25) is 0 Å². The van der Waals surface area contributed by atoms with Crippen LogP contribution in [0.2, 0.25) is 0 Å². The van der Waals surface area contributed by atoms with Crippen LogP contribution in [0.25, 0.3) is 0 Å². The van der Waals surface area contributed by atoms with E-state index in [9.17, 15) is 13.2 Å². The Morgan fingerprint density at radius 3 is 2.60 bits per heavy atom. The maximum Gasteiger partial charge on any atom is 0.269 e. The fourth-order valence-electron chi connectivity index (χ4n) is 1.05. The summed E-state index contributed by atoms with van der Waals surface area (Å²) in [5, 5.41) is 0. The summed E-state index contributed by atoms with van der Waals surface area (Å²) < 4.78 is 23.1. The Labute approximate surface area is 93.0 Å². The summed E-state index contributed by atoms with van der Waals surface area (Å²) in [5.41, 5.74) is 6.92. The van der Waals surface area contributed by atoms with E-state index in [-0.39, 0.29) is 22.1 Å². The number of benzene rings is 1. The van der Waals surface area contributed by atoms with Crippen molar-refractivity contribution < 1.29 is 13.2 Å². The second-order valence-corrected chi connectivity index (χ2v) is 5.35. The molecule has 1 radical (unpaired) electrons. The number of nitrogens with one attached hydrogen (secondary N) is 1. The number of rotatable bonds is 4. The molecule has 0 aliphatic rings. The summed E-state index contributed by atoms with van der Waals surface area (Å²) in [5.74, 6) is -1.08. The van der Waals surface area contributed by atoms with Crippen LogP contribution in [-0.4, -0.2) is 26.0 Å². The number of halogens is 1. The van der Waals surface area contributed by atoms with E-state index in [4.69, 9.17) is 17.3 Å². The highest BCUT2D eigenvalue weighted by Gasteiger charge is 2.14. The number of sulfone groups is 1. The average Bonchev–Trinajstić information content (AvgIpc) is 2.18. The fraction of sp³-hybridized carbons (Fsp3) is 0.222. The third-order valence-corrected chi connectivity index (χ3v) is 3.93. The molecule has 0 fully saturated rings. The zero-order valence-electron chi connectivity index (χ0n) is 7.73. The van der Waals surface area contributed by atoms with Crippen molar-refractivity contribution >= 4 is 27.3 Å². The van der Waals surface area contributed by atoms with Crippen molar-refractivity contribution in [3.63, 3.8) is 0 Å². The van der Waals surface area contributed by atoms with Gasteiger partial charge >= 0.3 is 0 Å². The van der Waals surface area contributed by atoms with Crippen LogP contribution in [0, 0.1) is 0 Å². The molecule has 1 rings (SSSR count). The van der Waals surface area contributed by atoms with Gasteiger partial charge in [-0.15, -0.1) is 11.6 Å². The van der Waals surface area contributed by atoms with Crippen LogP contribution in [0.5, 0.6) is 0 Å². The standard InChI is InChI=1S/C9H9ClNO3S/c10-4-5-15(13,14)8-3-1-2-7(6-8)9(11)12/h1-3,6,11H,4-5H2. The van der Waals surface area contributed by atoms with E-state index in [2.05, 4.69) is 0 Å². The molecule has 1 aromatic rings. The number of hydrogen-bond acceptors (Lipinski definition) is 3. The molecule has 0 heterocycles. The molecule has 0 bridgehead atoms. The van der Waals surface area contributed by atoms with Crippen molar-refractivity contribution in [1.29, 1.82) is 0 Å². The molecule has 0 spiro atoms. The molecule has 1 N–H and O–H groups in total. The van der Waals surface area contributed by atoms with Crippen LogP contribution in [-0.2, 0) is 9.84 Å². The lowest BCUT2D eigenvalue weighted by Gasteiger charge is -2.02. The minimum absolute atomic E-state index is 0.00137. The minimum atomic E-state index is -3.43. The molecule has 0 aliphatic heterocycles. The Morgan fingerprint density at radius 1 is 1.40 bits per heavy atom. The highest BCUT2D eigenvalue weighted by atomic mass is 35.5. The molecule has 0 aromatic heterocycles. The maximum atomic E-state index is 11.6. The molecule has 0 aliphatic carbocycles. The van der Waals surface area contributed by atoms with Crippen molar-refractivity contribution in [3.05, 3.63) is 29.8 Å². The summed E-state index contributed by atoms with van der Waals surface area (Å²) in [6.07, 6.45) is 0. The lowest BCUT2D eigenvalue weighted by atomic mass is 10.2. The van der Waals surface area contributed by atoms with Crippen LogP contribution < -0.4 is 5.73 Å². The summed E-state index contributed by atoms with van der Waals surface area (Å²) in [4.78, 5) is 10.8. The molecule has 4 nitrogen and oxygen atoms in total. The van der Waals surface area contributed by atoms with Gasteiger partial charge in [-0.3, -0.25) is 10.5 Å². The topological polar surface area (TPSA) is 75.0 Å². The first-order valence-corrected chi connectivity index (χ1v) is 6.31. The predicted octanol–water partition coefficient (Wildman–Crippen LogP) is 1.12. The molecule has 0 unspecified atom stereocenters. The first-order valence-electron chi connectivity index (χ1n) is 4.12. The predicted molar refractivity (Wildman–Crippen MR) is 56.6 cm³/mol. The molecule has 15 heavy (non-hydrogen) atoms. The Hall–Kier alpha value is -1.07. The van der Waals surface area contributed by atoms with Crippen LogP contribution in [0.1, 0.15) is 10.4 Å². The van der Waals surface area contributed by atoms with E-state index in [1.54, 1.807) is 0 Å². The molecular formula is C9H9ClNO3S. The van der Waals surface area contributed by atoms with E-state index < -0.39 is 15.7 Å². The summed E-state index contributed by atoms with van der Waals surface area (Å²) >= 11 is 5.36. The normalized spacial score (nSPS) is 11.3. The molecule has 81 valence electrons. The number of carbonyl (C=O) groups excluding carboxylic acids is 1. The Bertz CT molecular complexity index is 470. The van der Waals surface area contributed by atoms with E-state index in [0.29, 0.717) is 0 Å². The highest BCUT2D eigenvalue weighted by molar-refractivity contribution is 7.91. The summed E-state index contributed by atoms with van der Waals surface area (Å²) in [7, 11) is -3.43. The van der Waals surface area contributed by atoms with Gasteiger partial charge < -0.3 is 0 Å². The van der Waals surface area contributed by atoms with Crippen LogP contribution in [0.3, 0.4) is 0 Å². The molecule has 1 aromatic carbocycles. The van der Waals surface area contributed by atoms with Gasteiger partial charge in [0.1, 0.15) is 0 Å². The quantitative estimate of drug-likeness (QED) is 0.747. The van der Waals surface area contributed by atoms with Gasteiger partial charge in [-0.1, -0.05) is 6.07 Å². The highest BCUT2D eigenvalue weighted by Crippen LogP contribution is 2.13. The molecule has 0 atom stereocenters. The van der Waals surface area contributed by atoms with Gasteiger partial charge in [0, 0.05) is 11.4 Å². The van der Waals surface area contributed by atoms with Crippen molar-refractivity contribution in [3.8, 4) is 0 Å².